The van der Waals surface area contributed by atoms with Crippen LogP contribution in [0.4, 0.5) is 9.18 Å². The SMILES string of the molecule is COCC(CC(=O)c1ccc(Br)cc1F)NC(=O)OC(C)(C)C. The van der Waals surface area contributed by atoms with Gasteiger partial charge in [-0.1, -0.05) is 15.9 Å². The Balaban J connectivity index is 2.75. The number of methoxy groups -OCH3 is 1. The van der Waals surface area contributed by atoms with Crippen molar-refractivity contribution in [1.29, 1.82) is 0 Å². The third-order valence-corrected chi connectivity index (χ3v) is 3.25. The van der Waals surface area contributed by atoms with Crippen LogP contribution in [-0.4, -0.2) is 37.2 Å². The molecule has 0 radical (unpaired) electrons. The van der Waals surface area contributed by atoms with Crippen molar-refractivity contribution in [3.8, 4) is 0 Å². The van der Waals surface area contributed by atoms with Gasteiger partial charge in [-0.25, -0.2) is 9.18 Å². The molecule has 1 rings (SSSR count). The van der Waals surface area contributed by atoms with Crippen molar-refractivity contribution in [1.82, 2.24) is 5.32 Å². The molecule has 1 atom stereocenters. The number of rotatable bonds is 6. The fraction of sp³-hybridized carbons (Fsp3) is 0.500. The van der Waals surface area contributed by atoms with Crippen LogP contribution < -0.4 is 5.32 Å². The maximum absolute atomic E-state index is 13.8. The van der Waals surface area contributed by atoms with E-state index in [1.807, 2.05) is 0 Å². The number of hydrogen-bond donors (Lipinski definition) is 1. The van der Waals surface area contributed by atoms with Crippen LogP contribution in [-0.2, 0) is 9.47 Å². The predicted octanol–water partition coefficient (Wildman–Crippen LogP) is 3.70. The van der Waals surface area contributed by atoms with Crippen LogP contribution in [0.5, 0.6) is 0 Å². The summed E-state index contributed by atoms with van der Waals surface area (Å²) in [6.07, 6.45) is -0.741. The van der Waals surface area contributed by atoms with Gasteiger partial charge in [0.05, 0.1) is 18.2 Å². The standard InChI is InChI=1S/C16H21BrFNO4/c1-16(2,3)23-15(21)19-11(9-22-4)8-14(20)12-6-5-10(17)7-13(12)18/h5-7,11H,8-9H2,1-4H3,(H,19,21). The first-order valence-electron chi connectivity index (χ1n) is 7.09. The highest BCUT2D eigenvalue weighted by molar-refractivity contribution is 9.10. The second kappa shape index (κ2) is 8.40. The van der Waals surface area contributed by atoms with Gasteiger partial charge >= 0.3 is 6.09 Å². The van der Waals surface area contributed by atoms with Crippen LogP contribution in [0.25, 0.3) is 0 Å². The Morgan fingerprint density at radius 1 is 1.35 bits per heavy atom. The molecule has 0 bridgehead atoms. The Morgan fingerprint density at radius 2 is 2.00 bits per heavy atom. The van der Waals surface area contributed by atoms with E-state index in [-0.39, 0.29) is 18.6 Å². The Labute approximate surface area is 143 Å². The Kier molecular flexibility index (Phi) is 7.15. The van der Waals surface area contributed by atoms with E-state index in [1.54, 1.807) is 26.8 Å². The van der Waals surface area contributed by atoms with Gasteiger partial charge in [0.15, 0.2) is 5.78 Å². The van der Waals surface area contributed by atoms with Crippen molar-refractivity contribution in [2.45, 2.75) is 38.8 Å². The van der Waals surface area contributed by atoms with Crippen molar-refractivity contribution < 1.29 is 23.5 Å². The first-order chi connectivity index (χ1) is 10.6. The van der Waals surface area contributed by atoms with Crippen LogP contribution >= 0.6 is 15.9 Å². The molecule has 1 amide bonds. The molecule has 0 saturated heterocycles. The summed E-state index contributed by atoms with van der Waals surface area (Å²) >= 11 is 3.14. The Morgan fingerprint density at radius 3 is 2.52 bits per heavy atom. The highest BCUT2D eigenvalue weighted by Gasteiger charge is 2.23. The van der Waals surface area contributed by atoms with Gasteiger partial charge in [0, 0.05) is 18.0 Å². The predicted molar refractivity (Wildman–Crippen MR) is 88.1 cm³/mol. The van der Waals surface area contributed by atoms with E-state index in [4.69, 9.17) is 9.47 Å². The molecule has 7 heteroatoms. The number of benzene rings is 1. The van der Waals surface area contributed by atoms with Crippen LogP contribution in [0.2, 0.25) is 0 Å². The van der Waals surface area contributed by atoms with Gasteiger partial charge in [-0.3, -0.25) is 4.79 Å². The summed E-state index contributed by atoms with van der Waals surface area (Å²) in [5.41, 5.74) is -0.677. The lowest BCUT2D eigenvalue weighted by atomic mass is 10.0. The highest BCUT2D eigenvalue weighted by Crippen LogP contribution is 2.17. The number of hydrogen-bond acceptors (Lipinski definition) is 4. The van der Waals surface area contributed by atoms with Gasteiger partial charge < -0.3 is 14.8 Å². The van der Waals surface area contributed by atoms with Gasteiger partial charge in [0.25, 0.3) is 0 Å². The average molecular weight is 390 g/mol. The van der Waals surface area contributed by atoms with Gasteiger partial charge in [0.2, 0.25) is 0 Å². The summed E-state index contributed by atoms with van der Waals surface area (Å²) in [4.78, 5) is 24.0. The molecule has 0 spiro atoms. The number of alkyl carbamates (subject to hydrolysis) is 1. The number of amides is 1. The van der Waals surface area contributed by atoms with Crippen LogP contribution in [0.1, 0.15) is 37.6 Å². The number of nitrogens with one attached hydrogen (secondary N) is 1. The second-order valence-corrected chi connectivity index (χ2v) is 6.97. The number of ketones is 1. The van der Waals surface area contributed by atoms with Gasteiger partial charge in [0.1, 0.15) is 11.4 Å². The summed E-state index contributed by atoms with van der Waals surface area (Å²) in [6, 6.07) is 3.60. The third kappa shape index (κ3) is 7.09. The summed E-state index contributed by atoms with van der Waals surface area (Å²) in [6.45, 7) is 5.32. The molecule has 0 fully saturated rings. The van der Waals surface area contributed by atoms with E-state index in [0.717, 1.165) is 0 Å². The van der Waals surface area contributed by atoms with Gasteiger partial charge in [-0.05, 0) is 39.0 Å². The Bertz CT molecular complexity index is 572. The van der Waals surface area contributed by atoms with Crippen LogP contribution in [0.3, 0.4) is 0 Å². The molecule has 1 unspecified atom stereocenters. The van der Waals surface area contributed by atoms with Crippen molar-refractivity contribution in [3.63, 3.8) is 0 Å². The van der Waals surface area contributed by atoms with Crippen molar-refractivity contribution in [2.75, 3.05) is 13.7 Å². The van der Waals surface area contributed by atoms with E-state index in [9.17, 15) is 14.0 Å². The Hall–Kier alpha value is -1.47. The fourth-order valence-corrected chi connectivity index (χ4v) is 2.21. The first-order valence-corrected chi connectivity index (χ1v) is 7.88. The molecular formula is C16H21BrFNO4. The molecule has 0 aromatic heterocycles. The molecule has 0 aliphatic rings. The number of carbonyl (C=O) groups is 2. The van der Waals surface area contributed by atoms with E-state index in [1.165, 1.54) is 19.2 Å². The lowest BCUT2D eigenvalue weighted by Gasteiger charge is -2.23. The quantitative estimate of drug-likeness (QED) is 0.753. The minimum Gasteiger partial charge on any atom is -0.444 e. The van der Waals surface area contributed by atoms with E-state index in [0.29, 0.717) is 4.47 Å². The number of halogens is 2. The van der Waals surface area contributed by atoms with E-state index >= 15 is 0 Å². The molecule has 0 saturated carbocycles. The normalized spacial score (nSPS) is 12.6. The molecule has 0 aliphatic heterocycles. The zero-order chi connectivity index (χ0) is 17.6. The topological polar surface area (TPSA) is 64.6 Å². The maximum atomic E-state index is 13.8. The molecule has 1 N–H and O–H groups in total. The number of ether oxygens (including phenoxy) is 2. The zero-order valence-corrected chi connectivity index (χ0v) is 15.2. The van der Waals surface area contributed by atoms with Crippen molar-refractivity contribution in [3.05, 3.63) is 34.1 Å². The first kappa shape index (κ1) is 19.6. The molecule has 128 valence electrons. The van der Waals surface area contributed by atoms with Gasteiger partial charge in [-0.2, -0.15) is 0 Å². The summed E-state index contributed by atoms with van der Waals surface area (Å²) in [5.74, 6) is -1.04. The largest absolute Gasteiger partial charge is 0.444 e. The maximum Gasteiger partial charge on any atom is 0.407 e. The van der Waals surface area contributed by atoms with Crippen LogP contribution in [0, 0.1) is 5.82 Å². The molecular weight excluding hydrogens is 369 g/mol. The highest BCUT2D eigenvalue weighted by atomic mass is 79.9. The van der Waals surface area contributed by atoms with Crippen molar-refractivity contribution >= 4 is 27.8 Å². The fourth-order valence-electron chi connectivity index (χ4n) is 1.88. The molecule has 1 aromatic carbocycles. The summed E-state index contributed by atoms with van der Waals surface area (Å²) in [7, 11) is 1.45. The monoisotopic (exact) mass is 389 g/mol. The second-order valence-electron chi connectivity index (χ2n) is 6.05. The zero-order valence-electron chi connectivity index (χ0n) is 13.6. The molecule has 23 heavy (non-hydrogen) atoms. The van der Waals surface area contributed by atoms with Gasteiger partial charge in [-0.15, -0.1) is 0 Å². The van der Waals surface area contributed by atoms with Crippen molar-refractivity contribution in [2.24, 2.45) is 0 Å². The minimum absolute atomic E-state index is 0.0275. The van der Waals surface area contributed by atoms with E-state index in [2.05, 4.69) is 21.2 Å². The smallest absolute Gasteiger partial charge is 0.407 e. The average Bonchev–Trinajstić information content (AvgIpc) is 2.35. The molecule has 0 aliphatic carbocycles. The summed E-state index contributed by atoms with van der Waals surface area (Å²) in [5, 5.41) is 2.57. The lowest BCUT2D eigenvalue weighted by Crippen LogP contribution is -2.42. The summed E-state index contributed by atoms with van der Waals surface area (Å²) < 4.78 is 24.5. The third-order valence-electron chi connectivity index (χ3n) is 2.75. The molecule has 0 heterocycles. The number of Topliss-reactive ketones (excluding diaryl/α,β-unsaturated/α-hetero) is 1. The number of carbonyl (C=O) groups excluding carboxylic acids is 2. The van der Waals surface area contributed by atoms with E-state index < -0.39 is 29.3 Å². The van der Waals surface area contributed by atoms with Crippen LogP contribution in [0.15, 0.2) is 22.7 Å². The minimum atomic E-state index is -0.649. The lowest BCUT2D eigenvalue weighted by molar-refractivity contribution is 0.0464. The molecule has 1 aromatic rings. The molecule has 5 nitrogen and oxygen atoms in total.